The molecule has 3 N–H and O–H groups in total. The van der Waals surface area contributed by atoms with Crippen molar-refractivity contribution >= 4 is 23.3 Å². The van der Waals surface area contributed by atoms with E-state index in [2.05, 4.69) is 10.6 Å². The standard InChI is InChI=1S/C13H16ClFN2O2/c14-9-6-5-8(7-10(9)15)16-13(19)17-11-3-1-2-4-12(11)18/h5-7,11-12,18H,1-4H2,(H2,16,17,19). The second kappa shape index (κ2) is 6.21. The molecule has 2 rings (SSSR count). The third-order valence-corrected chi connectivity index (χ3v) is 3.53. The van der Waals surface area contributed by atoms with Gasteiger partial charge in [0, 0.05) is 5.69 Å². The molecule has 1 aromatic rings. The minimum Gasteiger partial charge on any atom is -0.391 e. The molecule has 1 aliphatic carbocycles. The number of halogens is 2. The second-order valence-corrected chi connectivity index (χ2v) is 5.09. The molecule has 19 heavy (non-hydrogen) atoms. The minimum absolute atomic E-state index is 0.00802. The molecule has 1 aromatic carbocycles. The summed E-state index contributed by atoms with van der Waals surface area (Å²) in [7, 11) is 0. The van der Waals surface area contributed by atoms with Crippen LogP contribution in [0.4, 0.5) is 14.9 Å². The van der Waals surface area contributed by atoms with Gasteiger partial charge in [0.05, 0.1) is 17.2 Å². The number of hydrogen-bond acceptors (Lipinski definition) is 2. The first-order valence-electron chi connectivity index (χ1n) is 6.27. The summed E-state index contributed by atoms with van der Waals surface area (Å²) in [5.41, 5.74) is 0.324. The molecule has 0 spiro atoms. The van der Waals surface area contributed by atoms with Crippen LogP contribution in [-0.4, -0.2) is 23.3 Å². The molecule has 1 aliphatic rings. The molecule has 1 fully saturated rings. The Hall–Kier alpha value is -1.33. The van der Waals surface area contributed by atoms with Crippen LogP contribution in [0.15, 0.2) is 18.2 Å². The summed E-state index contributed by atoms with van der Waals surface area (Å²) >= 11 is 5.56. The lowest BCUT2D eigenvalue weighted by Gasteiger charge is -2.28. The van der Waals surface area contributed by atoms with Gasteiger partial charge < -0.3 is 15.7 Å². The Morgan fingerprint density at radius 2 is 2.11 bits per heavy atom. The van der Waals surface area contributed by atoms with E-state index < -0.39 is 18.0 Å². The van der Waals surface area contributed by atoms with Gasteiger partial charge in [-0.25, -0.2) is 9.18 Å². The Labute approximate surface area is 116 Å². The fraction of sp³-hybridized carbons (Fsp3) is 0.462. The van der Waals surface area contributed by atoms with Crippen molar-refractivity contribution in [2.24, 2.45) is 0 Å². The molecule has 2 amide bonds. The molecule has 6 heteroatoms. The van der Waals surface area contributed by atoms with E-state index in [1.807, 2.05) is 0 Å². The highest BCUT2D eigenvalue weighted by Crippen LogP contribution is 2.20. The van der Waals surface area contributed by atoms with E-state index in [-0.39, 0.29) is 11.1 Å². The summed E-state index contributed by atoms with van der Waals surface area (Å²) in [6.07, 6.45) is 2.90. The molecule has 0 saturated heterocycles. The Bertz CT molecular complexity index is 470. The van der Waals surface area contributed by atoms with Crippen LogP contribution >= 0.6 is 11.6 Å². The number of hydrogen-bond donors (Lipinski definition) is 3. The van der Waals surface area contributed by atoms with Gasteiger partial charge in [-0.15, -0.1) is 0 Å². The first kappa shape index (κ1) is 14.1. The van der Waals surface area contributed by atoms with Gasteiger partial charge in [0.15, 0.2) is 0 Å². The minimum atomic E-state index is -0.586. The van der Waals surface area contributed by atoms with Gasteiger partial charge in [0.2, 0.25) is 0 Å². The fourth-order valence-corrected chi connectivity index (χ4v) is 2.31. The van der Waals surface area contributed by atoms with Gasteiger partial charge in [0.1, 0.15) is 5.82 Å². The Morgan fingerprint density at radius 3 is 2.79 bits per heavy atom. The lowest BCUT2D eigenvalue weighted by Crippen LogP contribution is -2.46. The van der Waals surface area contributed by atoms with Crippen molar-refractivity contribution in [2.75, 3.05) is 5.32 Å². The average molecular weight is 287 g/mol. The molecule has 0 aliphatic heterocycles. The van der Waals surface area contributed by atoms with Crippen molar-refractivity contribution in [3.05, 3.63) is 29.0 Å². The summed E-state index contributed by atoms with van der Waals surface area (Å²) in [4.78, 5) is 11.7. The van der Waals surface area contributed by atoms with E-state index in [1.165, 1.54) is 12.1 Å². The molecule has 2 atom stereocenters. The van der Waals surface area contributed by atoms with E-state index in [4.69, 9.17) is 11.6 Å². The van der Waals surface area contributed by atoms with Gasteiger partial charge >= 0.3 is 6.03 Å². The first-order valence-corrected chi connectivity index (χ1v) is 6.64. The van der Waals surface area contributed by atoms with Crippen molar-refractivity contribution in [2.45, 2.75) is 37.8 Å². The van der Waals surface area contributed by atoms with Crippen LogP contribution in [0.2, 0.25) is 5.02 Å². The van der Waals surface area contributed by atoms with Crippen LogP contribution in [0.1, 0.15) is 25.7 Å². The fourth-order valence-electron chi connectivity index (χ4n) is 2.19. The average Bonchev–Trinajstić information content (AvgIpc) is 2.37. The lowest BCUT2D eigenvalue weighted by atomic mass is 9.93. The van der Waals surface area contributed by atoms with E-state index in [0.29, 0.717) is 12.1 Å². The topological polar surface area (TPSA) is 61.4 Å². The molecule has 2 unspecified atom stereocenters. The highest BCUT2D eigenvalue weighted by atomic mass is 35.5. The van der Waals surface area contributed by atoms with Gasteiger partial charge in [-0.1, -0.05) is 24.4 Å². The number of urea groups is 1. The van der Waals surface area contributed by atoms with E-state index >= 15 is 0 Å². The highest BCUT2D eigenvalue weighted by Gasteiger charge is 2.24. The lowest BCUT2D eigenvalue weighted by molar-refractivity contribution is 0.0955. The number of amides is 2. The quantitative estimate of drug-likeness (QED) is 0.783. The van der Waals surface area contributed by atoms with Crippen LogP contribution in [-0.2, 0) is 0 Å². The van der Waals surface area contributed by atoms with E-state index in [1.54, 1.807) is 0 Å². The van der Waals surface area contributed by atoms with Gasteiger partial charge in [0.25, 0.3) is 0 Å². The molecular formula is C13H16ClFN2O2. The molecule has 1 saturated carbocycles. The number of carbonyl (C=O) groups excluding carboxylic acids is 1. The predicted molar refractivity (Wildman–Crippen MR) is 71.8 cm³/mol. The molecule has 0 aromatic heterocycles. The zero-order chi connectivity index (χ0) is 13.8. The highest BCUT2D eigenvalue weighted by molar-refractivity contribution is 6.30. The molecule has 4 nitrogen and oxygen atoms in total. The molecule has 104 valence electrons. The third kappa shape index (κ3) is 3.81. The Kier molecular flexibility index (Phi) is 4.61. The molecule has 0 radical (unpaired) electrons. The number of nitrogens with one attached hydrogen (secondary N) is 2. The largest absolute Gasteiger partial charge is 0.391 e. The number of rotatable bonds is 2. The van der Waals surface area contributed by atoms with Gasteiger partial charge in [-0.3, -0.25) is 0 Å². The summed E-state index contributed by atoms with van der Waals surface area (Å²) in [6.45, 7) is 0. The number of benzene rings is 1. The SMILES string of the molecule is O=C(Nc1ccc(Cl)c(F)c1)NC1CCCCC1O. The summed E-state index contributed by atoms with van der Waals surface area (Å²) in [5.74, 6) is -0.586. The molecule has 0 bridgehead atoms. The number of aliphatic hydroxyl groups excluding tert-OH is 1. The normalized spacial score (nSPS) is 22.9. The second-order valence-electron chi connectivity index (χ2n) is 4.69. The van der Waals surface area contributed by atoms with Crippen molar-refractivity contribution in [1.29, 1.82) is 0 Å². The molecule has 0 heterocycles. The van der Waals surface area contributed by atoms with Crippen molar-refractivity contribution < 1.29 is 14.3 Å². The Balaban J connectivity index is 1.91. The number of aliphatic hydroxyl groups is 1. The summed E-state index contributed by atoms with van der Waals surface area (Å²) in [6, 6.07) is 3.35. The van der Waals surface area contributed by atoms with Crippen LogP contribution in [0.5, 0.6) is 0 Å². The first-order chi connectivity index (χ1) is 9.06. The van der Waals surface area contributed by atoms with E-state index in [9.17, 15) is 14.3 Å². The van der Waals surface area contributed by atoms with Crippen LogP contribution in [0.25, 0.3) is 0 Å². The molecular weight excluding hydrogens is 271 g/mol. The maximum Gasteiger partial charge on any atom is 0.319 e. The predicted octanol–water partition coefficient (Wildman–Crippen LogP) is 2.90. The third-order valence-electron chi connectivity index (χ3n) is 3.22. The smallest absolute Gasteiger partial charge is 0.319 e. The van der Waals surface area contributed by atoms with Crippen LogP contribution < -0.4 is 10.6 Å². The monoisotopic (exact) mass is 286 g/mol. The van der Waals surface area contributed by atoms with Crippen molar-refractivity contribution in [1.82, 2.24) is 5.32 Å². The van der Waals surface area contributed by atoms with Gasteiger partial charge in [-0.05, 0) is 31.0 Å². The van der Waals surface area contributed by atoms with E-state index in [0.717, 1.165) is 25.3 Å². The number of carbonyl (C=O) groups is 1. The van der Waals surface area contributed by atoms with Crippen molar-refractivity contribution in [3.8, 4) is 0 Å². The maximum atomic E-state index is 13.2. The summed E-state index contributed by atoms with van der Waals surface area (Å²) in [5, 5.41) is 15.0. The Morgan fingerprint density at radius 1 is 1.37 bits per heavy atom. The van der Waals surface area contributed by atoms with Crippen molar-refractivity contribution in [3.63, 3.8) is 0 Å². The zero-order valence-electron chi connectivity index (χ0n) is 10.3. The van der Waals surface area contributed by atoms with Crippen LogP contribution in [0.3, 0.4) is 0 Å². The summed E-state index contributed by atoms with van der Waals surface area (Å²) < 4.78 is 13.2. The maximum absolute atomic E-state index is 13.2. The zero-order valence-corrected chi connectivity index (χ0v) is 11.1. The van der Waals surface area contributed by atoms with Gasteiger partial charge in [-0.2, -0.15) is 0 Å². The van der Waals surface area contributed by atoms with Crippen LogP contribution in [0, 0.1) is 5.82 Å². The number of anilines is 1.